The van der Waals surface area contributed by atoms with Gasteiger partial charge in [0.25, 0.3) is 0 Å². The molecule has 3 atom stereocenters. The van der Waals surface area contributed by atoms with Crippen LogP contribution in [0.15, 0.2) is 18.2 Å². The Kier molecular flexibility index (Phi) is 4.66. The van der Waals surface area contributed by atoms with Crippen molar-refractivity contribution in [3.63, 3.8) is 0 Å². The fourth-order valence-corrected chi connectivity index (χ4v) is 2.90. The highest BCUT2D eigenvalue weighted by Crippen LogP contribution is 2.38. The number of nitrogens with one attached hydrogen (secondary N) is 1. The summed E-state index contributed by atoms with van der Waals surface area (Å²) in [6.45, 7) is 3.88. The van der Waals surface area contributed by atoms with E-state index < -0.39 is 0 Å². The number of piperidine rings is 1. The minimum atomic E-state index is 0.446. The number of hydrogen-bond donors (Lipinski definition) is 2. The number of ether oxygens (including phenoxy) is 2. The van der Waals surface area contributed by atoms with Gasteiger partial charge in [0, 0.05) is 12.1 Å². The molecule has 0 aromatic heterocycles. The molecule has 3 N–H and O–H groups in total. The minimum Gasteiger partial charge on any atom is -0.497 e. The first-order valence-electron chi connectivity index (χ1n) is 6.85. The zero-order valence-electron chi connectivity index (χ0n) is 12.0. The topological polar surface area (TPSA) is 56.5 Å². The number of benzene rings is 1. The molecule has 1 heterocycles. The maximum atomic E-state index is 5.92. The number of rotatable bonds is 4. The van der Waals surface area contributed by atoms with Gasteiger partial charge in [0.2, 0.25) is 0 Å². The third-order valence-electron chi connectivity index (χ3n) is 4.05. The molecule has 1 aliphatic heterocycles. The summed E-state index contributed by atoms with van der Waals surface area (Å²) in [4.78, 5) is 0. The molecule has 0 saturated carbocycles. The summed E-state index contributed by atoms with van der Waals surface area (Å²) in [7, 11) is 3.38. The highest BCUT2D eigenvalue weighted by molar-refractivity contribution is 5.43. The molecule has 1 aromatic carbocycles. The Morgan fingerprint density at radius 2 is 2.11 bits per heavy atom. The Morgan fingerprint density at radius 3 is 2.74 bits per heavy atom. The molecule has 0 radical (unpaired) electrons. The summed E-state index contributed by atoms with van der Waals surface area (Å²) in [5.41, 5.74) is 7.16. The Hall–Kier alpha value is -1.26. The lowest BCUT2D eigenvalue weighted by Crippen LogP contribution is -2.44. The molecule has 106 valence electrons. The Balaban J connectivity index is 2.32. The second kappa shape index (κ2) is 6.26. The molecule has 0 bridgehead atoms. The van der Waals surface area contributed by atoms with Crippen LogP contribution in [0.4, 0.5) is 0 Å². The zero-order valence-corrected chi connectivity index (χ0v) is 12.0. The van der Waals surface area contributed by atoms with E-state index in [2.05, 4.69) is 18.3 Å². The van der Waals surface area contributed by atoms with Gasteiger partial charge in [0.05, 0.1) is 14.2 Å². The van der Waals surface area contributed by atoms with E-state index in [1.54, 1.807) is 14.2 Å². The lowest BCUT2D eigenvalue weighted by molar-refractivity contribution is 0.278. The van der Waals surface area contributed by atoms with Crippen molar-refractivity contribution in [2.75, 3.05) is 27.3 Å². The molecule has 0 aliphatic carbocycles. The normalized spacial score (nSPS) is 27.1. The van der Waals surface area contributed by atoms with Gasteiger partial charge in [0.15, 0.2) is 0 Å². The van der Waals surface area contributed by atoms with E-state index in [4.69, 9.17) is 15.2 Å². The lowest BCUT2D eigenvalue weighted by Gasteiger charge is -2.36. The summed E-state index contributed by atoms with van der Waals surface area (Å²) >= 11 is 0. The smallest absolute Gasteiger partial charge is 0.126 e. The number of methoxy groups -OCH3 is 2. The third-order valence-corrected chi connectivity index (χ3v) is 4.05. The lowest BCUT2D eigenvalue weighted by atomic mass is 9.78. The second-order valence-corrected chi connectivity index (χ2v) is 5.26. The summed E-state index contributed by atoms with van der Waals surface area (Å²) in [6, 6.07) is 6.58. The molecule has 3 unspecified atom stereocenters. The van der Waals surface area contributed by atoms with Gasteiger partial charge in [0.1, 0.15) is 11.5 Å². The first-order valence-corrected chi connectivity index (χ1v) is 6.85. The van der Waals surface area contributed by atoms with Crippen molar-refractivity contribution in [1.82, 2.24) is 5.32 Å². The Morgan fingerprint density at radius 1 is 1.32 bits per heavy atom. The molecule has 1 aliphatic rings. The summed E-state index contributed by atoms with van der Waals surface area (Å²) in [5, 5.41) is 3.50. The van der Waals surface area contributed by atoms with Crippen LogP contribution in [0.1, 0.15) is 24.8 Å². The van der Waals surface area contributed by atoms with Gasteiger partial charge >= 0.3 is 0 Å². The molecule has 1 saturated heterocycles. The van der Waals surface area contributed by atoms with Gasteiger partial charge in [-0.3, -0.25) is 0 Å². The molecule has 19 heavy (non-hydrogen) atoms. The molecule has 4 nitrogen and oxygen atoms in total. The van der Waals surface area contributed by atoms with E-state index in [-0.39, 0.29) is 0 Å². The average Bonchev–Trinajstić information content (AvgIpc) is 2.46. The van der Waals surface area contributed by atoms with E-state index in [1.165, 1.54) is 5.56 Å². The van der Waals surface area contributed by atoms with E-state index in [1.807, 2.05) is 12.1 Å². The molecule has 0 amide bonds. The Labute approximate surface area is 115 Å². The fourth-order valence-electron chi connectivity index (χ4n) is 2.90. The second-order valence-electron chi connectivity index (χ2n) is 5.26. The summed E-state index contributed by atoms with van der Waals surface area (Å²) < 4.78 is 10.8. The summed E-state index contributed by atoms with van der Waals surface area (Å²) in [6.07, 6.45) is 1.09. The first-order chi connectivity index (χ1) is 9.19. The number of hydrogen-bond acceptors (Lipinski definition) is 4. The third kappa shape index (κ3) is 3.01. The highest BCUT2D eigenvalue weighted by Gasteiger charge is 2.30. The molecule has 0 spiro atoms. The standard InChI is InChI=1S/C15H24N2O2/c1-10-6-14(11(8-16)9-17-10)13-5-4-12(18-2)7-15(13)19-3/h4-5,7,10-11,14,17H,6,8-9,16H2,1-3H3. The van der Waals surface area contributed by atoms with Crippen molar-refractivity contribution in [3.8, 4) is 11.5 Å². The predicted molar refractivity (Wildman–Crippen MR) is 76.9 cm³/mol. The van der Waals surface area contributed by atoms with Crippen LogP contribution in [0.5, 0.6) is 11.5 Å². The molecule has 1 fully saturated rings. The molecule has 1 aromatic rings. The number of nitrogens with two attached hydrogens (primary N) is 1. The van der Waals surface area contributed by atoms with Gasteiger partial charge in [-0.05, 0) is 49.9 Å². The van der Waals surface area contributed by atoms with E-state index in [0.29, 0.717) is 24.4 Å². The van der Waals surface area contributed by atoms with Crippen LogP contribution >= 0.6 is 0 Å². The van der Waals surface area contributed by atoms with Crippen molar-refractivity contribution < 1.29 is 9.47 Å². The van der Waals surface area contributed by atoms with E-state index >= 15 is 0 Å². The maximum absolute atomic E-state index is 5.92. The highest BCUT2D eigenvalue weighted by atomic mass is 16.5. The molecular formula is C15H24N2O2. The van der Waals surface area contributed by atoms with Gasteiger partial charge in [-0.1, -0.05) is 6.07 Å². The van der Waals surface area contributed by atoms with Crippen LogP contribution in [0.3, 0.4) is 0 Å². The van der Waals surface area contributed by atoms with Crippen LogP contribution in [0, 0.1) is 5.92 Å². The van der Waals surface area contributed by atoms with E-state index in [9.17, 15) is 0 Å². The molecule has 4 heteroatoms. The molecule has 2 rings (SSSR count). The average molecular weight is 264 g/mol. The van der Waals surface area contributed by atoms with Gasteiger partial charge in [-0.2, -0.15) is 0 Å². The van der Waals surface area contributed by atoms with Crippen molar-refractivity contribution >= 4 is 0 Å². The zero-order chi connectivity index (χ0) is 13.8. The SMILES string of the molecule is COc1ccc(C2CC(C)NCC2CN)c(OC)c1. The summed E-state index contributed by atoms with van der Waals surface area (Å²) in [5.74, 6) is 2.63. The van der Waals surface area contributed by atoms with Crippen LogP contribution in [0.2, 0.25) is 0 Å². The van der Waals surface area contributed by atoms with Crippen molar-refractivity contribution in [2.24, 2.45) is 11.7 Å². The van der Waals surface area contributed by atoms with Gasteiger partial charge in [-0.15, -0.1) is 0 Å². The van der Waals surface area contributed by atoms with Crippen LogP contribution in [0.25, 0.3) is 0 Å². The fraction of sp³-hybridized carbons (Fsp3) is 0.600. The predicted octanol–water partition coefficient (Wildman–Crippen LogP) is 1.74. The maximum Gasteiger partial charge on any atom is 0.126 e. The quantitative estimate of drug-likeness (QED) is 0.870. The first kappa shape index (κ1) is 14.2. The van der Waals surface area contributed by atoms with Crippen molar-refractivity contribution in [3.05, 3.63) is 23.8 Å². The van der Waals surface area contributed by atoms with Crippen LogP contribution in [-0.4, -0.2) is 33.4 Å². The van der Waals surface area contributed by atoms with Crippen molar-refractivity contribution in [1.29, 1.82) is 0 Å². The van der Waals surface area contributed by atoms with Crippen LogP contribution in [-0.2, 0) is 0 Å². The monoisotopic (exact) mass is 264 g/mol. The Bertz CT molecular complexity index is 423. The van der Waals surface area contributed by atoms with Crippen molar-refractivity contribution in [2.45, 2.75) is 25.3 Å². The van der Waals surface area contributed by atoms with E-state index in [0.717, 1.165) is 24.5 Å². The molecular weight excluding hydrogens is 240 g/mol. The van der Waals surface area contributed by atoms with Gasteiger partial charge in [-0.25, -0.2) is 0 Å². The largest absolute Gasteiger partial charge is 0.497 e. The van der Waals surface area contributed by atoms with Crippen LogP contribution < -0.4 is 20.5 Å². The van der Waals surface area contributed by atoms with Gasteiger partial charge < -0.3 is 20.5 Å². The minimum absolute atomic E-state index is 0.446.